The van der Waals surface area contributed by atoms with Gasteiger partial charge in [0.25, 0.3) is 0 Å². The van der Waals surface area contributed by atoms with Gasteiger partial charge in [-0.2, -0.15) is 0 Å². The third-order valence-electron chi connectivity index (χ3n) is 1.41. The van der Waals surface area contributed by atoms with Gasteiger partial charge < -0.3 is 14.9 Å². The number of nitrogens with zero attached hydrogens (tertiary/aromatic N) is 1. The maximum absolute atomic E-state index is 10.7. The molecule has 72 valence electrons. The summed E-state index contributed by atoms with van der Waals surface area (Å²) in [5.74, 6) is -0.364. The number of carbonyl (C=O) groups is 1. The highest BCUT2D eigenvalue weighted by atomic mass is 16.5. The molecule has 0 unspecified atom stereocenters. The first kappa shape index (κ1) is 11.4. The fourth-order valence-corrected chi connectivity index (χ4v) is 0.800. The minimum Gasteiger partial charge on any atom is -0.468 e. The van der Waals surface area contributed by atoms with Crippen LogP contribution in [0.2, 0.25) is 0 Å². The van der Waals surface area contributed by atoms with E-state index in [1.54, 1.807) is 4.90 Å². The van der Waals surface area contributed by atoms with E-state index in [1.165, 1.54) is 7.11 Å². The fraction of sp³-hybridized carbons (Fsp3) is 0.857. The first-order valence-electron chi connectivity index (χ1n) is 3.75. The Kier molecular flexibility index (Phi) is 6.64. The first-order chi connectivity index (χ1) is 5.74. The molecule has 0 rings (SSSR count). The van der Waals surface area contributed by atoms with Crippen molar-refractivity contribution in [2.24, 2.45) is 0 Å². The van der Waals surface area contributed by atoms with Gasteiger partial charge in [-0.1, -0.05) is 0 Å². The average molecular weight is 177 g/mol. The molecule has 0 atom stereocenters. The third-order valence-corrected chi connectivity index (χ3v) is 1.41. The van der Waals surface area contributed by atoms with Crippen LogP contribution in [0.3, 0.4) is 0 Å². The second-order valence-electron chi connectivity index (χ2n) is 2.30. The minimum absolute atomic E-state index is 0.0308. The molecular weight excluding hydrogens is 162 g/mol. The minimum atomic E-state index is -0.364. The van der Waals surface area contributed by atoms with Crippen LogP contribution in [0.25, 0.3) is 0 Å². The Bertz CT molecular complexity index is 123. The van der Waals surface area contributed by atoms with Crippen LogP contribution >= 0.6 is 0 Å². The Morgan fingerprint density at radius 2 is 1.83 bits per heavy atom. The van der Waals surface area contributed by atoms with Gasteiger partial charge in [0.1, 0.15) is 0 Å². The zero-order valence-corrected chi connectivity index (χ0v) is 7.19. The van der Waals surface area contributed by atoms with Gasteiger partial charge in [-0.05, 0) is 0 Å². The molecule has 0 aliphatic carbocycles. The van der Waals surface area contributed by atoms with Crippen molar-refractivity contribution in [2.45, 2.75) is 0 Å². The van der Waals surface area contributed by atoms with Crippen molar-refractivity contribution in [2.75, 3.05) is 40.0 Å². The van der Waals surface area contributed by atoms with E-state index in [0.717, 1.165) is 0 Å². The van der Waals surface area contributed by atoms with Gasteiger partial charge in [-0.3, -0.25) is 9.69 Å². The molecule has 0 saturated heterocycles. The van der Waals surface area contributed by atoms with Gasteiger partial charge in [-0.15, -0.1) is 0 Å². The van der Waals surface area contributed by atoms with Crippen LogP contribution in [-0.2, 0) is 9.53 Å². The second-order valence-corrected chi connectivity index (χ2v) is 2.30. The first-order valence-corrected chi connectivity index (χ1v) is 3.75. The molecular formula is C7H15NO4. The maximum Gasteiger partial charge on any atom is 0.319 e. The van der Waals surface area contributed by atoms with Gasteiger partial charge >= 0.3 is 5.97 Å². The zero-order valence-electron chi connectivity index (χ0n) is 7.19. The molecule has 0 aromatic rings. The molecule has 2 N–H and O–H groups in total. The molecule has 0 fully saturated rings. The molecule has 0 radical (unpaired) electrons. The number of methoxy groups -OCH3 is 1. The highest BCUT2D eigenvalue weighted by Crippen LogP contribution is 1.87. The fourth-order valence-electron chi connectivity index (χ4n) is 0.800. The van der Waals surface area contributed by atoms with Crippen molar-refractivity contribution in [3.05, 3.63) is 0 Å². The number of hydrogen-bond acceptors (Lipinski definition) is 5. The number of carbonyl (C=O) groups excluding carboxylic acids is 1. The molecule has 0 aromatic heterocycles. The smallest absolute Gasteiger partial charge is 0.319 e. The highest BCUT2D eigenvalue weighted by Gasteiger charge is 2.08. The summed E-state index contributed by atoms with van der Waals surface area (Å²) in [6.45, 7) is 0.789. The highest BCUT2D eigenvalue weighted by molar-refractivity contribution is 5.71. The molecule has 5 heteroatoms. The Hall–Kier alpha value is -0.650. The predicted molar refractivity (Wildman–Crippen MR) is 42.6 cm³/mol. The Labute approximate surface area is 71.6 Å². The van der Waals surface area contributed by atoms with E-state index in [4.69, 9.17) is 10.2 Å². The molecule has 0 spiro atoms. The number of aliphatic hydroxyl groups excluding tert-OH is 2. The number of aliphatic hydroxyl groups is 2. The lowest BCUT2D eigenvalue weighted by molar-refractivity contribution is -0.142. The van der Waals surface area contributed by atoms with Crippen LogP contribution in [0.15, 0.2) is 0 Å². The van der Waals surface area contributed by atoms with Crippen molar-refractivity contribution in [1.82, 2.24) is 4.90 Å². The van der Waals surface area contributed by atoms with E-state index in [9.17, 15) is 4.79 Å². The number of hydrogen-bond donors (Lipinski definition) is 2. The van der Waals surface area contributed by atoms with E-state index in [-0.39, 0.29) is 25.7 Å². The van der Waals surface area contributed by atoms with Crippen molar-refractivity contribution >= 4 is 5.97 Å². The van der Waals surface area contributed by atoms with Crippen LogP contribution in [0, 0.1) is 0 Å². The van der Waals surface area contributed by atoms with E-state index in [2.05, 4.69) is 4.74 Å². The topological polar surface area (TPSA) is 70.0 Å². The van der Waals surface area contributed by atoms with Gasteiger partial charge in [0.05, 0.1) is 26.9 Å². The van der Waals surface area contributed by atoms with Crippen molar-refractivity contribution in [3.8, 4) is 0 Å². The van der Waals surface area contributed by atoms with Crippen LogP contribution in [-0.4, -0.2) is 61.0 Å². The third kappa shape index (κ3) is 5.06. The summed E-state index contributed by atoms with van der Waals surface area (Å²) in [6, 6.07) is 0. The standard InChI is InChI=1S/C7H15NO4/c1-12-7(11)6-8(2-4-9)3-5-10/h9-10H,2-6H2,1H3. The number of esters is 1. The van der Waals surface area contributed by atoms with Crippen LogP contribution < -0.4 is 0 Å². The predicted octanol–water partition coefficient (Wildman–Crippen LogP) is -1.55. The van der Waals surface area contributed by atoms with E-state index in [0.29, 0.717) is 13.1 Å². The lowest BCUT2D eigenvalue weighted by atomic mass is 10.4. The summed E-state index contributed by atoms with van der Waals surface area (Å²) in [5.41, 5.74) is 0. The Morgan fingerprint density at radius 1 is 1.33 bits per heavy atom. The lowest BCUT2D eigenvalue weighted by Gasteiger charge is -2.17. The molecule has 0 saturated carbocycles. The monoisotopic (exact) mass is 177 g/mol. The SMILES string of the molecule is COC(=O)CN(CCO)CCO. The second kappa shape index (κ2) is 7.02. The summed E-state index contributed by atoms with van der Waals surface area (Å²) >= 11 is 0. The van der Waals surface area contributed by atoms with Crippen molar-refractivity contribution in [3.63, 3.8) is 0 Å². The summed E-state index contributed by atoms with van der Waals surface area (Å²) in [5, 5.41) is 17.1. The maximum atomic E-state index is 10.7. The molecule has 12 heavy (non-hydrogen) atoms. The van der Waals surface area contributed by atoms with Crippen molar-refractivity contribution in [1.29, 1.82) is 0 Å². The number of rotatable bonds is 6. The Morgan fingerprint density at radius 3 is 2.17 bits per heavy atom. The van der Waals surface area contributed by atoms with E-state index < -0.39 is 0 Å². The normalized spacial score (nSPS) is 10.3. The van der Waals surface area contributed by atoms with Crippen molar-refractivity contribution < 1.29 is 19.7 Å². The van der Waals surface area contributed by atoms with Gasteiger partial charge in [-0.25, -0.2) is 0 Å². The molecule has 0 aliphatic heterocycles. The number of ether oxygens (including phenoxy) is 1. The van der Waals surface area contributed by atoms with Gasteiger partial charge in [0, 0.05) is 13.1 Å². The molecule has 0 bridgehead atoms. The van der Waals surface area contributed by atoms with Crippen LogP contribution in [0.5, 0.6) is 0 Å². The van der Waals surface area contributed by atoms with Crippen LogP contribution in [0.1, 0.15) is 0 Å². The van der Waals surface area contributed by atoms with Gasteiger partial charge in [0.2, 0.25) is 0 Å². The van der Waals surface area contributed by atoms with Gasteiger partial charge in [0.15, 0.2) is 0 Å². The average Bonchev–Trinajstić information content (AvgIpc) is 2.05. The summed E-state index contributed by atoms with van der Waals surface area (Å²) in [6.07, 6.45) is 0. The summed E-state index contributed by atoms with van der Waals surface area (Å²) < 4.78 is 4.43. The molecule has 0 heterocycles. The van der Waals surface area contributed by atoms with E-state index in [1.807, 2.05) is 0 Å². The molecule has 5 nitrogen and oxygen atoms in total. The Balaban J connectivity index is 3.68. The largest absolute Gasteiger partial charge is 0.468 e. The van der Waals surface area contributed by atoms with E-state index >= 15 is 0 Å². The molecule has 0 aliphatic rings. The zero-order chi connectivity index (χ0) is 9.40. The summed E-state index contributed by atoms with van der Waals surface area (Å²) in [4.78, 5) is 12.4. The lowest BCUT2D eigenvalue weighted by Crippen LogP contribution is -2.35. The molecule has 0 aromatic carbocycles. The van der Waals surface area contributed by atoms with Crippen LogP contribution in [0.4, 0.5) is 0 Å². The summed E-state index contributed by atoms with van der Waals surface area (Å²) in [7, 11) is 1.30. The molecule has 0 amide bonds. The quantitative estimate of drug-likeness (QED) is 0.480.